The predicted octanol–water partition coefficient (Wildman–Crippen LogP) is 5.94. The lowest BCUT2D eigenvalue weighted by Crippen LogP contribution is -2.36. The van der Waals surface area contributed by atoms with Gasteiger partial charge in [0, 0.05) is 42.4 Å². The Kier molecular flexibility index (Phi) is 7.00. The van der Waals surface area contributed by atoms with E-state index in [0.717, 1.165) is 59.8 Å². The van der Waals surface area contributed by atoms with Crippen LogP contribution in [0.15, 0.2) is 73.1 Å². The highest BCUT2D eigenvalue weighted by Gasteiger charge is 2.27. The Morgan fingerprint density at radius 1 is 0.973 bits per heavy atom. The quantitative estimate of drug-likeness (QED) is 0.300. The maximum atomic E-state index is 12.3. The van der Waals surface area contributed by atoms with Crippen molar-refractivity contribution >= 4 is 23.1 Å². The lowest BCUT2D eigenvalue weighted by atomic mass is 10.0. The van der Waals surface area contributed by atoms with Crippen LogP contribution in [0.1, 0.15) is 12.8 Å². The molecular weight excluding hydrogens is 483 g/mol. The first-order valence-electron chi connectivity index (χ1n) is 12.0. The summed E-state index contributed by atoms with van der Waals surface area (Å²) in [6.45, 7) is 0.156. The molecule has 0 saturated carbocycles. The molecule has 192 valence electrons. The molecule has 0 spiro atoms. The van der Waals surface area contributed by atoms with Gasteiger partial charge >= 0.3 is 12.2 Å². The summed E-state index contributed by atoms with van der Waals surface area (Å²) >= 11 is 0. The SMILES string of the molecule is O=C(NCC(F)(F)F)Nc1cccc(-c2cnc3cc(-c4cccc(NC5CCOCC5)c4)ccn23)c1. The molecular formula is C27H26F3N5O2. The normalized spacial score (nSPS) is 14.5. The summed E-state index contributed by atoms with van der Waals surface area (Å²) in [5.41, 5.74) is 5.83. The number of carbonyl (C=O) groups is 1. The summed E-state index contributed by atoms with van der Waals surface area (Å²) in [5, 5.41) is 7.83. The van der Waals surface area contributed by atoms with Gasteiger partial charge in [0.05, 0.1) is 11.9 Å². The molecule has 3 heterocycles. The van der Waals surface area contributed by atoms with E-state index < -0.39 is 18.8 Å². The summed E-state index contributed by atoms with van der Waals surface area (Å²) in [6, 6.07) is 18.6. The minimum Gasteiger partial charge on any atom is -0.382 e. The first-order chi connectivity index (χ1) is 17.8. The van der Waals surface area contributed by atoms with E-state index in [1.54, 1.807) is 29.7 Å². The van der Waals surface area contributed by atoms with E-state index in [4.69, 9.17) is 4.74 Å². The highest BCUT2D eigenvalue weighted by atomic mass is 19.4. The molecule has 2 aromatic carbocycles. The molecule has 1 aliphatic rings. The Bertz CT molecular complexity index is 1400. The van der Waals surface area contributed by atoms with Gasteiger partial charge in [-0.1, -0.05) is 24.3 Å². The van der Waals surface area contributed by atoms with E-state index in [-0.39, 0.29) is 0 Å². The van der Waals surface area contributed by atoms with Gasteiger partial charge in [-0.25, -0.2) is 9.78 Å². The number of benzene rings is 2. The molecule has 0 radical (unpaired) electrons. The number of nitrogens with zero attached hydrogens (tertiary/aromatic N) is 2. The maximum Gasteiger partial charge on any atom is 0.405 e. The summed E-state index contributed by atoms with van der Waals surface area (Å²) in [7, 11) is 0. The second kappa shape index (κ2) is 10.5. The molecule has 0 atom stereocenters. The lowest BCUT2D eigenvalue weighted by molar-refractivity contribution is -0.122. The van der Waals surface area contributed by atoms with Gasteiger partial charge in [0.25, 0.3) is 0 Å². The van der Waals surface area contributed by atoms with Gasteiger partial charge in [-0.3, -0.25) is 4.40 Å². The van der Waals surface area contributed by atoms with Crippen molar-refractivity contribution in [3.63, 3.8) is 0 Å². The molecule has 1 saturated heterocycles. The molecule has 4 aromatic rings. The van der Waals surface area contributed by atoms with Gasteiger partial charge in [-0.05, 0) is 60.4 Å². The van der Waals surface area contributed by atoms with Gasteiger partial charge in [-0.15, -0.1) is 0 Å². The molecule has 5 rings (SSSR count). The topological polar surface area (TPSA) is 79.7 Å². The van der Waals surface area contributed by atoms with E-state index in [9.17, 15) is 18.0 Å². The zero-order valence-corrected chi connectivity index (χ0v) is 19.9. The van der Waals surface area contributed by atoms with Gasteiger partial charge < -0.3 is 20.7 Å². The van der Waals surface area contributed by atoms with Crippen LogP contribution in [0.3, 0.4) is 0 Å². The molecule has 0 aliphatic carbocycles. The van der Waals surface area contributed by atoms with Crippen molar-refractivity contribution in [3.05, 3.63) is 73.1 Å². The number of hydrogen-bond acceptors (Lipinski definition) is 4. The van der Waals surface area contributed by atoms with Crippen LogP contribution in [0.5, 0.6) is 0 Å². The van der Waals surface area contributed by atoms with Crippen LogP contribution >= 0.6 is 0 Å². The number of pyridine rings is 1. The molecule has 3 N–H and O–H groups in total. The van der Waals surface area contributed by atoms with Crippen LogP contribution in [-0.2, 0) is 4.74 Å². The van der Waals surface area contributed by atoms with Crippen molar-refractivity contribution in [1.29, 1.82) is 0 Å². The molecule has 2 aromatic heterocycles. The molecule has 37 heavy (non-hydrogen) atoms. The van der Waals surface area contributed by atoms with E-state index in [0.29, 0.717) is 11.7 Å². The molecule has 0 unspecified atom stereocenters. The number of halogens is 3. The first kappa shape index (κ1) is 24.6. The number of rotatable bonds is 6. The number of ether oxygens (including phenoxy) is 1. The minimum atomic E-state index is -4.48. The van der Waals surface area contributed by atoms with E-state index in [1.807, 2.05) is 34.9 Å². The number of urea groups is 1. The molecule has 7 nitrogen and oxygen atoms in total. The molecule has 1 aliphatic heterocycles. The number of alkyl halides is 3. The number of anilines is 2. The number of hydrogen-bond donors (Lipinski definition) is 3. The van der Waals surface area contributed by atoms with Crippen LogP contribution in [-0.4, -0.2) is 47.4 Å². The fourth-order valence-corrected chi connectivity index (χ4v) is 4.35. The number of carbonyl (C=O) groups excluding carboxylic acids is 1. The van der Waals surface area contributed by atoms with E-state index >= 15 is 0 Å². The van der Waals surface area contributed by atoms with Gasteiger partial charge in [0.15, 0.2) is 0 Å². The second-order valence-corrected chi connectivity index (χ2v) is 8.90. The average molecular weight is 510 g/mol. The van der Waals surface area contributed by atoms with Crippen molar-refractivity contribution in [2.75, 3.05) is 30.4 Å². The average Bonchev–Trinajstić information content (AvgIpc) is 3.31. The molecule has 10 heteroatoms. The monoisotopic (exact) mass is 509 g/mol. The molecule has 1 fully saturated rings. The first-order valence-corrected chi connectivity index (χ1v) is 12.0. The van der Waals surface area contributed by atoms with Crippen molar-refractivity contribution < 1.29 is 22.7 Å². The third kappa shape index (κ3) is 6.21. The number of fused-ring (bicyclic) bond motifs is 1. The third-order valence-electron chi connectivity index (χ3n) is 6.17. The predicted molar refractivity (Wildman–Crippen MR) is 137 cm³/mol. The van der Waals surface area contributed by atoms with Gasteiger partial charge in [0.2, 0.25) is 0 Å². The lowest BCUT2D eigenvalue weighted by Gasteiger charge is -2.24. The van der Waals surface area contributed by atoms with Gasteiger partial charge in [0.1, 0.15) is 12.2 Å². The van der Waals surface area contributed by atoms with Crippen LogP contribution in [0.2, 0.25) is 0 Å². The summed E-state index contributed by atoms with van der Waals surface area (Å²) in [4.78, 5) is 16.4. The largest absolute Gasteiger partial charge is 0.405 e. The number of amides is 2. The van der Waals surface area contributed by atoms with Crippen molar-refractivity contribution in [3.8, 4) is 22.4 Å². The standard InChI is InChI=1S/C27H26F3N5O2/c28-27(29,30)17-32-26(36)34-23-6-2-4-20(14-23)24-16-31-25-15-19(7-10-35(24)25)18-3-1-5-22(13-18)33-21-8-11-37-12-9-21/h1-7,10,13-16,21,33H,8-9,11-12,17H2,(H2,32,34,36). The van der Waals surface area contributed by atoms with Crippen molar-refractivity contribution in [1.82, 2.24) is 14.7 Å². The molecule has 2 amide bonds. The fourth-order valence-electron chi connectivity index (χ4n) is 4.35. The summed E-state index contributed by atoms with van der Waals surface area (Å²) < 4.78 is 44.4. The Morgan fingerprint density at radius 3 is 2.46 bits per heavy atom. The Hall–Kier alpha value is -4.05. The van der Waals surface area contributed by atoms with E-state index in [2.05, 4.69) is 33.8 Å². The minimum absolute atomic E-state index is 0.373. The third-order valence-corrected chi connectivity index (χ3v) is 6.17. The zero-order valence-electron chi connectivity index (χ0n) is 19.9. The maximum absolute atomic E-state index is 12.3. The second-order valence-electron chi connectivity index (χ2n) is 8.90. The Balaban J connectivity index is 1.33. The highest BCUT2D eigenvalue weighted by Crippen LogP contribution is 2.28. The number of imidazole rings is 1. The highest BCUT2D eigenvalue weighted by molar-refractivity contribution is 5.90. The smallest absolute Gasteiger partial charge is 0.382 e. The Morgan fingerprint density at radius 2 is 1.68 bits per heavy atom. The number of aromatic nitrogens is 2. The van der Waals surface area contributed by atoms with Crippen LogP contribution in [0, 0.1) is 0 Å². The van der Waals surface area contributed by atoms with E-state index in [1.165, 1.54) is 0 Å². The van der Waals surface area contributed by atoms with Crippen LogP contribution < -0.4 is 16.0 Å². The molecule has 0 bridgehead atoms. The van der Waals surface area contributed by atoms with Crippen molar-refractivity contribution in [2.45, 2.75) is 25.1 Å². The summed E-state index contributed by atoms with van der Waals surface area (Å²) in [6.07, 6.45) is 1.16. The Labute approximate surface area is 211 Å². The fraction of sp³-hybridized carbons (Fsp3) is 0.259. The number of nitrogens with one attached hydrogen (secondary N) is 3. The van der Waals surface area contributed by atoms with Crippen molar-refractivity contribution in [2.24, 2.45) is 0 Å². The van der Waals surface area contributed by atoms with Crippen LogP contribution in [0.4, 0.5) is 29.3 Å². The zero-order chi connectivity index (χ0) is 25.8. The van der Waals surface area contributed by atoms with Crippen LogP contribution in [0.25, 0.3) is 28.0 Å². The summed E-state index contributed by atoms with van der Waals surface area (Å²) in [5.74, 6) is 0. The van der Waals surface area contributed by atoms with Gasteiger partial charge in [-0.2, -0.15) is 13.2 Å².